The van der Waals surface area contributed by atoms with Crippen molar-refractivity contribution in [1.82, 2.24) is 15.4 Å². The minimum absolute atomic E-state index is 0.173. The van der Waals surface area contributed by atoms with Gasteiger partial charge in [-0.3, -0.25) is 4.79 Å². The lowest BCUT2D eigenvalue weighted by atomic mass is 10.2. The van der Waals surface area contributed by atoms with Crippen molar-refractivity contribution in [3.8, 4) is 0 Å². The fraction of sp³-hybridized carbons (Fsp3) is 0.0952. The van der Waals surface area contributed by atoms with Crippen LogP contribution in [0.15, 0.2) is 80.4 Å². The summed E-state index contributed by atoms with van der Waals surface area (Å²) >= 11 is 8.76. The van der Waals surface area contributed by atoms with Crippen LogP contribution in [0.25, 0.3) is 11.0 Å². The molecule has 0 atom stereocenters. The molecule has 0 saturated heterocycles. The maximum Gasteiger partial charge on any atom is 0.250 e. The summed E-state index contributed by atoms with van der Waals surface area (Å²) in [4.78, 5) is 19.6. The van der Waals surface area contributed by atoms with Crippen LogP contribution in [0.5, 0.6) is 0 Å². The third kappa shape index (κ3) is 5.69. The number of thioether (sulfide) groups is 1. The average molecular weight is 457 g/mol. The lowest BCUT2D eigenvalue weighted by Gasteiger charge is -2.01. The standard InChI is InChI=1S/C21H17ClN4O2S2/c22-15-7-5-14(6-8-15)12-29-13-19(27)26-23-11-16-9-10-20(28-16)30-21-24-17-3-1-2-4-18(17)25-21/h1-11H,12-13H2,(H,24,25)(H,26,27). The highest BCUT2D eigenvalue weighted by Crippen LogP contribution is 2.28. The van der Waals surface area contributed by atoms with E-state index < -0.39 is 0 Å². The highest BCUT2D eigenvalue weighted by Gasteiger charge is 2.08. The number of halogens is 1. The first-order chi connectivity index (χ1) is 14.7. The molecule has 2 aromatic carbocycles. The van der Waals surface area contributed by atoms with E-state index in [2.05, 4.69) is 20.5 Å². The number of hydrazone groups is 1. The fourth-order valence-corrected chi connectivity index (χ4v) is 4.25. The highest BCUT2D eigenvalue weighted by molar-refractivity contribution is 7.99. The number of furan rings is 1. The van der Waals surface area contributed by atoms with E-state index in [9.17, 15) is 4.79 Å². The van der Waals surface area contributed by atoms with Crippen LogP contribution in [0.2, 0.25) is 5.02 Å². The van der Waals surface area contributed by atoms with E-state index in [0.717, 1.165) is 27.5 Å². The molecule has 2 N–H and O–H groups in total. The van der Waals surface area contributed by atoms with Gasteiger partial charge in [-0.2, -0.15) is 5.10 Å². The van der Waals surface area contributed by atoms with E-state index in [1.165, 1.54) is 29.7 Å². The number of aromatic nitrogens is 2. The lowest BCUT2D eigenvalue weighted by molar-refractivity contribution is -0.118. The van der Waals surface area contributed by atoms with Crippen LogP contribution in [-0.2, 0) is 10.5 Å². The molecule has 1 amide bonds. The molecule has 2 aromatic heterocycles. The molecule has 0 radical (unpaired) electrons. The SMILES string of the molecule is O=C(CSCc1ccc(Cl)cc1)NN=Cc1ccc(Sc2nc3ccccc3[nH]2)o1. The van der Waals surface area contributed by atoms with Crippen molar-refractivity contribution in [1.29, 1.82) is 0 Å². The molecule has 152 valence electrons. The van der Waals surface area contributed by atoms with Gasteiger partial charge in [-0.15, -0.1) is 11.8 Å². The Morgan fingerprint density at radius 1 is 1.17 bits per heavy atom. The molecule has 2 heterocycles. The number of para-hydroxylation sites is 2. The molecule has 0 saturated carbocycles. The Hall–Kier alpha value is -2.68. The minimum atomic E-state index is -0.173. The van der Waals surface area contributed by atoms with Gasteiger partial charge in [0.2, 0.25) is 5.91 Å². The summed E-state index contributed by atoms with van der Waals surface area (Å²) in [5.74, 6) is 1.41. The van der Waals surface area contributed by atoms with E-state index in [1.54, 1.807) is 6.07 Å². The molecule has 4 rings (SSSR count). The lowest BCUT2D eigenvalue weighted by Crippen LogP contribution is -2.19. The van der Waals surface area contributed by atoms with Gasteiger partial charge in [0.25, 0.3) is 0 Å². The van der Waals surface area contributed by atoms with Crippen LogP contribution >= 0.6 is 35.1 Å². The Morgan fingerprint density at radius 3 is 2.83 bits per heavy atom. The smallest absolute Gasteiger partial charge is 0.250 e. The van der Waals surface area contributed by atoms with Gasteiger partial charge >= 0.3 is 0 Å². The average Bonchev–Trinajstić information content (AvgIpc) is 3.36. The van der Waals surface area contributed by atoms with Crippen molar-refractivity contribution in [2.24, 2.45) is 5.10 Å². The molecule has 6 nitrogen and oxygen atoms in total. The third-order valence-electron chi connectivity index (χ3n) is 3.96. The zero-order valence-corrected chi connectivity index (χ0v) is 18.1. The number of rotatable bonds is 8. The normalized spacial score (nSPS) is 11.4. The molecular weight excluding hydrogens is 440 g/mol. The zero-order chi connectivity index (χ0) is 20.8. The van der Waals surface area contributed by atoms with Crippen LogP contribution in [0, 0.1) is 0 Å². The van der Waals surface area contributed by atoms with Gasteiger partial charge in [-0.05, 0) is 53.7 Å². The summed E-state index contributed by atoms with van der Waals surface area (Å²) in [6.45, 7) is 0. The summed E-state index contributed by atoms with van der Waals surface area (Å²) < 4.78 is 5.70. The third-order valence-corrected chi connectivity index (χ3v) is 6.03. The summed E-state index contributed by atoms with van der Waals surface area (Å²) in [7, 11) is 0. The molecule has 0 bridgehead atoms. The maximum atomic E-state index is 11.9. The predicted octanol–water partition coefficient (Wildman–Crippen LogP) is 5.34. The van der Waals surface area contributed by atoms with Gasteiger partial charge in [-0.25, -0.2) is 10.4 Å². The van der Waals surface area contributed by atoms with Gasteiger partial charge in [0.1, 0.15) is 5.76 Å². The molecular formula is C21H17ClN4O2S2. The number of carbonyl (C=O) groups excluding carboxylic acids is 1. The number of benzene rings is 2. The van der Waals surface area contributed by atoms with Crippen LogP contribution < -0.4 is 5.43 Å². The molecule has 0 unspecified atom stereocenters. The molecule has 4 aromatic rings. The number of amides is 1. The van der Waals surface area contributed by atoms with Gasteiger partial charge in [0.05, 0.1) is 23.0 Å². The second-order valence-electron chi connectivity index (χ2n) is 6.23. The van der Waals surface area contributed by atoms with Gasteiger partial charge in [0, 0.05) is 10.8 Å². The van der Waals surface area contributed by atoms with E-state index in [1.807, 2.05) is 54.6 Å². The van der Waals surface area contributed by atoms with Crippen molar-refractivity contribution in [2.75, 3.05) is 5.75 Å². The topological polar surface area (TPSA) is 83.3 Å². The Morgan fingerprint density at radius 2 is 2.00 bits per heavy atom. The van der Waals surface area contributed by atoms with Crippen molar-refractivity contribution in [2.45, 2.75) is 16.0 Å². The summed E-state index contributed by atoms with van der Waals surface area (Å²) in [6.07, 6.45) is 1.48. The fourth-order valence-electron chi connectivity index (χ4n) is 2.57. The Balaban J connectivity index is 1.23. The van der Waals surface area contributed by atoms with Crippen molar-refractivity contribution in [3.63, 3.8) is 0 Å². The van der Waals surface area contributed by atoms with Gasteiger partial charge < -0.3 is 9.40 Å². The molecule has 0 aliphatic heterocycles. The predicted molar refractivity (Wildman–Crippen MR) is 122 cm³/mol. The molecule has 9 heteroatoms. The second kappa shape index (κ2) is 9.88. The van der Waals surface area contributed by atoms with Crippen LogP contribution in [0.1, 0.15) is 11.3 Å². The monoisotopic (exact) mass is 456 g/mol. The largest absolute Gasteiger partial charge is 0.448 e. The van der Waals surface area contributed by atoms with Crippen molar-refractivity contribution >= 4 is 58.3 Å². The van der Waals surface area contributed by atoms with Gasteiger partial charge in [0.15, 0.2) is 10.2 Å². The minimum Gasteiger partial charge on any atom is -0.448 e. The molecule has 0 spiro atoms. The number of nitrogens with one attached hydrogen (secondary N) is 2. The van der Waals surface area contributed by atoms with Crippen LogP contribution in [0.3, 0.4) is 0 Å². The quantitative estimate of drug-likeness (QED) is 0.276. The molecule has 0 aliphatic carbocycles. The number of nitrogens with zero attached hydrogens (tertiary/aromatic N) is 2. The Labute approximate surface area is 186 Å². The first-order valence-electron chi connectivity index (χ1n) is 9.02. The van der Waals surface area contributed by atoms with E-state index >= 15 is 0 Å². The van der Waals surface area contributed by atoms with Crippen LogP contribution in [-0.4, -0.2) is 27.8 Å². The second-order valence-corrected chi connectivity index (χ2v) is 8.65. The number of imidazole rings is 1. The summed E-state index contributed by atoms with van der Waals surface area (Å²) in [5, 5.41) is 6.08. The first kappa shape index (κ1) is 20.6. The Bertz CT molecular complexity index is 1140. The van der Waals surface area contributed by atoms with Crippen molar-refractivity contribution in [3.05, 3.63) is 77.0 Å². The molecule has 0 fully saturated rings. The highest BCUT2D eigenvalue weighted by atomic mass is 35.5. The number of H-pyrrole nitrogens is 1. The van der Waals surface area contributed by atoms with E-state index in [4.69, 9.17) is 16.0 Å². The number of fused-ring (bicyclic) bond motifs is 1. The first-order valence-corrected chi connectivity index (χ1v) is 11.4. The zero-order valence-electron chi connectivity index (χ0n) is 15.7. The summed E-state index contributed by atoms with van der Waals surface area (Å²) in [6, 6.07) is 19.0. The maximum absolute atomic E-state index is 11.9. The number of hydrogen-bond acceptors (Lipinski definition) is 6. The number of carbonyl (C=O) groups is 1. The summed E-state index contributed by atoms with van der Waals surface area (Å²) in [5.41, 5.74) is 5.51. The number of aromatic amines is 1. The Kier molecular flexibility index (Phi) is 6.78. The number of hydrogen-bond donors (Lipinski definition) is 2. The van der Waals surface area contributed by atoms with E-state index in [0.29, 0.717) is 21.6 Å². The molecule has 30 heavy (non-hydrogen) atoms. The van der Waals surface area contributed by atoms with Crippen molar-refractivity contribution < 1.29 is 9.21 Å². The van der Waals surface area contributed by atoms with E-state index in [-0.39, 0.29) is 5.91 Å². The van der Waals surface area contributed by atoms with Crippen LogP contribution in [0.4, 0.5) is 0 Å². The van der Waals surface area contributed by atoms with Gasteiger partial charge in [-0.1, -0.05) is 35.9 Å². The molecule has 0 aliphatic rings.